The summed E-state index contributed by atoms with van der Waals surface area (Å²) in [5, 5.41) is 3.36. The summed E-state index contributed by atoms with van der Waals surface area (Å²) >= 11 is 0. The molecule has 21 heavy (non-hydrogen) atoms. The van der Waals surface area contributed by atoms with Crippen molar-refractivity contribution in [2.45, 2.75) is 25.8 Å². The van der Waals surface area contributed by atoms with E-state index in [0.29, 0.717) is 11.5 Å². The van der Waals surface area contributed by atoms with Crippen molar-refractivity contribution < 1.29 is 14.3 Å². The highest BCUT2D eigenvalue weighted by atomic mass is 16.5. The van der Waals surface area contributed by atoms with Crippen molar-refractivity contribution in [3.8, 4) is 11.5 Å². The predicted octanol–water partition coefficient (Wildman–Crippen LogP) is 1.67. The number of amides is 1. The zero-order chi connectivity index (χ0) is 15.3. The van der Waals surface area contributed by atoms with Crippen molar-refractivity contribution in [2.75, 3.05) is 33.4 Å². The topological polar surface area (TPSA) is 50.8 Å². The predicted molar refractivity (Wildman–Crippen MR) is 81.8 cm³/mol. The van der Waals surface area contributed by atoms with Gasteiger partial charge in [-0.2, -0.15) is 0 Å². The summed E-state index contributed by atoms with van der Waals surface area (Å²) in [7, 11) is 1.59. The first-order valence-corrected chi connectivity index (χ1v) is 7.31. The Labute approximate surface area is 126 Å². The van der Waals surface area contributed by atoms with Crippen LogP contribution in [-0.2, 0) is 4.79 Å². The summed E-state index contributed by atoms with van der Waals surface area (Å²) < 4.78 is 10.9. The van der Waals surface area contributed by atoms with Gasteiger partial charge in [0.1, 0.15) is 0 Å². The first kappa shape index (κ1) is 15.6. The van der Waals surface area contributed by atoms with Crippen LogP contribution in [0, 0.1) is 0 Å². The van der Waals surface area contributed by atoms with Crippen molar-refractivity contribution in [3.05, 3.63) is 24.3 Å². The number of hydrogen-bond donors (Lipinski definition) is 1. The smallest absolute Gasteiger partial charge is 0.260 e. The lowest BCUT2D eigenvalue weighted by atomic mass is 10.0. The van der Waals surface area contributed by atoms with Gasteiger partial charge in [0.05, 0.1) is 7.11 Å². The minimum absolute atomic E-state index is 0.00889. The molecule has 0 radical (unpaired) electrons. The molecule has 0 aliphatic carbocycles. The lowest BCUT2D eigenvalue weighted by Crippen LogP contribution is -2.52. The Balaban J connectivity index is 2.00. The molecule has 0 unspecified atom stereocenters. The highest BCUT2D eigenvalue weighted by Crippen LogP contribution is 2.26. The number of methoxy groups -OCH3 is 1. The maximum atomic E-state index is 12.5. The van der Waals surface area contributed by atoms with Crippen molar-refractivity contribution in [3.63, 3.8) is 0 Å². The highest BCUT2D eigenvalue weighted by Gasteiger charge is 2.32. The molecule has 1 fully saturated rings. The third-order valence-corrected chi connectivity index (χ3v) is 3.74. The maximum Gasteiger partial charge on any atom is 0.260 e. The van der Waals surface area contributed by atoms with Crippen LogP contribution < -0.4 is 14.8 Å². The molecule has 1 amide bonds. The molecule has 1 aromatic rings. The summed E-state index contributed by atoms with van der Waals surface area (Å²) in [6, 6.07) is 7.36. The number of nitrogens with zero attached hydrogens (tertiary/aromatic N) is 1. The molecule has 1 aliphatic rings. The van der Waals surface area contributed by atoms with Crippen molar-refractivity contribution in [1.29, 1.82) is 0 Å². The molecule has 0 atom stereocenters. The molecule has 5 nitrogen and oxygen atoms in total. The second kappa shape index (κ2) is 6.80. The summed E-state index contributed by atoms with van der Waals surface area (Å²) in [5.74, 6) is 1.25. The van der Waals surface area contributed by atoms with Crippen LogP contribution in [0.4, 0.5) is 0 Å². The van der Waals surface area contributed by atoms with Gasteiger partial charge in [-0.15, -0.1) is 0 Å². The van der Waals surface area contributed by atoms with Gasteiger partial charge in [-0.05, 0) is 38.9 Å². The van der Waals surface area contributed by atoms with Crippen LogP contribution in [0.25, 0.3) is 0 Å². The van der Waals surface area contributed by atoms with E-state index in [1.54, 1.807) is 13.2 Å². The zero-order valence-corrected chi connectivity index (χ0v) is 13.0. The van der Waals surface area contributed by atoms with Gasteiger partial charge in [-0.25, -0.2) is 0 Å². The van der Waals surface area contributed by atoms with Gasteiger partial charge >= 0.3 is 0 Å². The summed E-state index contributed by atoms with van der Waals surface area (Å²) in [6.07, 6.45) is 0.962. The number of carbonyl (C=O) groups excluding carboxylic acids is 1. The Kier molecular flexibility index (Phi) is 5.07. The van der Waals surface area contributed by atoms with Gasteiger partial charge in [-0.1, -0.05) is 12.1 Å². The third-order valence-electron chi connectivity index (χ3n) is 3.74. The van der Waals surface area contributed by atoms with Crippen LogP contribution in [0.3, 0.4) is 0 Å². The Morgan fingerprint density at radius 2 is 2.05 bits per heavy atom. The van der Waals surface area contributed by atoms with E-state index in [1.807, 2.05) is 23.1 Å². The fraction of sp³-hybridized carbons (Fsp3) is 0.562. The van der Waals surface area contributed by atoms with Gasteiger partial charge in [0.2, 0.25) is 0 Å². The van der Waals surface area contributed by atoms with Crippen LogP contribution in [0.2, 0.25) is 0 Å². The molecule has 1 heterocycles. The number of carbonyl (C=O) groups is 1. The van der Waals surface area contributed by atoms with Crippen LogP contribution in [-0.4, -0.2) is 49.7 Å². The molecule has 1 aliphatic heterocycles. The summed E-state index contributed by atoms with van der Waals surface area (Å²) in [4.78, 5) is 14.4. The quantitative estimate of drug-likeness (QED) is 0.917. The first-order chi connectivity index (χ1) is 10.0. The number of benzene rings is 1. The molecule has 0 bridgehead atoms. The minimum atomic E-state index is -0.197. The number of nitrogens with one attached hydrogen (secondary N) is 1. The molecule has 1 saturated heterocycles. The van der Waals surface area contributed by atoms with Crippen molar-refractivity contribution >= 4 is 5.91 Å². The molecule has 1 aromatic carbocycles. The van der Waals surface area contributed by atoms with Gasteiger partial charge in [0.15, 0.2) is 18.1 Å². The molecule has 0 spiro atoms. The molecular weight excluding hydrogens is 268 g/mol. The third kappa shape index (κ3) is 3.88. The minimum Gasteiger partial charge on any atom is -0.493 e. The molecule has 116 valence electrons. The second-order valence-corrected chi connectivity index (χ2v) is 5.83. The van der Waals surface area contributed by atoms with Crippen LogP contribution in [0.15, 0.2) is 24.3 Å². The Bertz CT molecular complexity index is 488. The van der Waals surface area contributed by atoms with E-state index in [0.717, 1.165) is 26.1 Å². The summed E-state index contributed by atoms with van der Waals surface area (Å²) in [5.41, 5.74) is -0.197. The van der Waals surface area contributed by atoms with Gasteiger partial charge in [0.25, 0.3) is 5.91 Å². The number of hydrogen-bond acceptors (Lipinski definition) is 4. The average Bonchev–Trinajstić information content (AvgIpc) is 2.65. The van der Waals surface area contributed by atoms with E-state index in [9.17, 15) is 4.79 Å². The van der Waals surface area contributed by atoms with Crippen molar-refractivity contribution in [1.82, 2.24) is 10.2 Å². The fourth-order valence-electron chi connectivity index (χ4n) is 2.57. The monoisotopic (exact) mass is 292 g/mol. The van der Waals surface area contributed by atoms with Crippen LogP contribution in [0.5, 0.6) is 11.5 Å². The summed E-state index contributed by atoms with van der Waals surface area (Å²) in [6.45, 7) is 6.69. The van der Waals surface area contributed by atoms with E-state index in [2.05, 4.69) is 19.2 Å². The van der Waals surface area contributed by atoms with Crippen LogP contribution >= 0.6 is 0 Å². The normalized spacial score (nSPS) is 18.0. The van der Waals surface area contributed by atoms with E-state index in [1.165, 1.54) is 0 Å². The molecule has 5 heteroatoms. The second-order valence-electron chi connectivity index (χ2n) is 5.83. The van der Waals surface area contributed by atoms with E-state index < -0.39 is 0 Å². The lowest BCUT2D eigenvalue weighted by Gasteiger charge is -2.36. The van der Waals surface area contributed by atoms with E-state index in [-0.39, 0.29) is 18.1 Å². The molecule has 2 rings (SSSR count). The molecule has 0 saturated carbocycles. The standard InChI is InChI=1S/C16H24N2O3/c1-16(2)12-17-9-6-10-18(16)15(19)11-21-14-8-5-4-7-13(14)20-3/h4-5,7-8,17H,6,9-12H2,1-3H3. The number of ether oxygens (including phenoxy) is 2. The Hall–Kier alpha value is -1.75. The van der Waals surface area contributed by atoms with E-state index in [4.69, 9.17) is 9.47 Å². The highest BCUT2D eigenvalue weighted by molar-refractivity contribution is 5.78. The lowest BCUT2D eigenvalue weighted by molar-refractivity contribution is -0.138. The Morgan fingerprint density at radius 1 is 1.33 bits per heavy atom. The molecule has 1 N–H and O–H groups in total. The Morgan fingerprint density at radius 3 is 2.76 bits per heavy atom. The maximum absolute atomic E-state index is 12.5. The molecular formula is C16H24N2O3. The largest absolute Gasteiger partial charge is 0.493 e. The van der Waals surface area contributed by atoms with Crippen molar-refractivity contribution in [2.24, 2.45) is 0 Å². The zero-order valence-electron chi connectivity index (χ0n) is 13.0. The van der Waals surface area contributed by atoms with Crippen LogP contribution in [0.1, 0.15) is 20.3 Å². The van der Waals surface area contributed by atoms with Gasteiger partial charge in [-0.3, -0.25) is 4.79 Å². The van der Waals surface area contributed by atoms with E-state index >= 15 is 0 Å². The fourth-order valence-corrected chi connectivity index (χ4v) is 2.57. The average molecular weight is 292 g/mol. The SMILES string of the molecule is COc1ccccc1OCC(=O)N1CCCNCC1(C)C. The number of para-hydroxylation sites is 2. The van der Waals surface area contributed by atoms with Gasteiger partial charge in [0, 0.05) is 18.6 Å². The number of rotatable bonds is 4. The van der Waals surface area contributed by atoms with Gasteiger partial charge < -0.3 is 19.7 Å². The molecule has 0 aromatic heterocycles. The first-order valence-electron chi connectivity index (χ1n) is 7.31.